The monoisotopic (exact) mass is 344 g/mol. The van der Waals surface area contributed by atoms with Crippen molar-refractivity contribution in [2.24, 2.45) is 0 Å². The molecule has 1 amide bonds. The Morgan fingerprint density at radius 3 is 2.24 bits per heavy atom. The highest BCUT2D eigenvalue weighted by molar-refractivity contribution is 6.07. The molecule has 0 spiro atoms. The van der Waals surface area contributed by atoms with Crippen LogP contribution in [-0.2, 0) is 9.47 Å². The summed E-state index contributed by atoms with van der Waals surface area (Å²) in [5.74, 6) is -1.45. The lowest BCUT2D eigenvalue weighted by atomic mass is 10.1. The van der Waals surface area contributed by atoms with Crippen LogP contribution < -0.4 is 10.1 Å². The van der Waals surface area contributed by atoms with E-state index in [-0.39, 0.29) is 22.6 Å². The van der Waals surface area contributed by atoms with Crippen LogP contribution >= 0.6 is 0 Å². The molecule has 0 aliphatic heterocycles. The molecular weight excluding hydrogens is 328 g/mol. The van der Waals surface area contributed by atoms with Gasteiger partial charge in [-0.3, -0.25) is 4.79 Å². The summed E-state index contributed by atoms with van der Waals surface area (Å²) in [5.41, 5.74) is 0.342. The number of carbonyl (C=O) groups excluding carboxylic acids is 3. The Kier molecular flexibility index (Phi) is 5.67. The van der Waals surface area contributed by atoms with Gasteiger partial charge >= 0.3 is 11.9 Å². The SMILES string of the molecule is COC(=O)c1cccc(C(=O)Nc2ccc(OC)cc2C(=O)OC)n1. The Hall–Kier alpha value is -3.42. The molecule has 2 rings (SSSR count). The van der Waals surface area contributed by atoms with Crippen LogP contribution in [0, 0.1) is 0 Å². The van der Waals surface area contributed by atoms with Gasteiger partial charge in [0.25, 0.3) is 5.91 Å². The fourth-order valence-corrected chi connectivity index (χ4v) is 2.00. The molecule has 2 aromatic rings. The van der Waals surface area contributed by atoms with Crippen molar-refractivity contribution >= 4 is 23.5 Å². The maximum atomic E-state index is 12.4. The van der Waals surface area contributed by atoms with Crippen molar-refractivity contribution in [2.45, 2.75) is 0 Å². The number of pyridine rings is 1. The third-order valence-corrected chi connectivity index (χ3v) is 3.26. The van der Waals surface area contributed by atoms with Crippen molar-refractivity contribution in [2.75, 3.05) is 26.6 Å². The number of ether oxygens (including phenoxy) is 3. The summed E-state index contributed by atoms with van der Waals surface area (Å²) in [5, 5.41) is 2.57. The lowest BCUT2D eigenvalue weighted by Crippen LogP contribution is -2.18. The Bertz CT molecular complexity index is 819. The van der Waals surface area contributed by atoms with E-state index < -0.39 is 17.8 Å². The van der Waals surface area contributed by atoms with E-state index in [0.29, 0.717) is 5.75 Å². The first-order valence-electron chi connectivity index (χ1n) is 7.13. The van der Waals surface area contributed by atoms with Crippen molar-refractivity contribution in [3.63, 3.8) is 0 Å². The summed E-state index contributed by atoms with van der Waals surface area (Å²) in [4.78, 5) is 39.7. The van der Waals surface area contributed by atoms with Crippen molar-refractivity contribution in [1.82, 2.24) is 4.98 Å². The van der Waals surface area contributed by atoms with Crippen molar-refractivity contribution in [3.05, 3.63) is 53.3 Å². The van der Waals surface area contributed by atoms with Gasteiger partial charge < -0.3 is 19.5 Å². The van der Waals surface area contributed by atoms with E-state index in [4.69, 9.17) is 9.47 Å². The molecule has 1 aromatic heterocycles. The number of benzene rings is 1. The Morgan fingerprint density at radius 2 is 1.60 bits per heavy atom. The highest BCUT2D eigenvalue weighted by atomic mass is 16.5. The van der Waals surface area contributed by atoms with Gasteiger partial charge in [0.15, 0.2) is 0 Å². The molecule has 130 valence electrons. The van der Waals surface area contributed by atoms with Crippen molar-refractivity contribution in [1.29, 1.82) is 0 Å². The number of aromatic nitrogens is 1. The Labute approximate surface area is 143 Å². The first-order valence-corrected chi connectivity index (χ1v) is 7.13. The minimum atomic E-state index is -0.658. The molecule has 1 aromatic carbocycles. The largest absolute Gasteiger partial charge is 0.497 e. The zero-order valence-electron chi connectivity index (χ0n) is 13.9. The fraction of sp³-hybridized carbons (Fsp3) is 0.176. The molecule has 0 radical (unpaired) electrons. The molecule has 0 saturated carbocycles. The van der Waals surface area contributed by atoms with E-state index in [1.165, 1.54) is 51.7 Å². The number of esters is 2. The van der Waals surface area contributed by atoms with Gasteiger partial charge in [-0.2, -0.15) is 0 Å². The van der Waals surface area contributed by atoms with Gasteiger partial charge in [-0.05, 0) is 30.3 Å². The number of anilines is 1. The number of amides is 1. The lowest BCUT2D eigenvalue weighted by Gasteiger charge is -2.11. The number of rotatable bonds is 5. The third-order valence-electron chi connectivity index (χ3n) is 3.26. The number of carbonyl (C=O) groups is 3. The molecule has 0 saturated heterocycles. The molecule has 0 unspecified atom stereocenters. The quantitative estimate of drug-likeness (QED) is 0.826. The van der Waals surface area contributed by atoms with Crippen LogP contribution in [0.3, 0.4) is 0 Å². The van der Waals surface area contributed by atoms with Crippen LogP contribution in [0.5, 0.6) is 5.75 Å². The smallest absolute Gasteiger partial charge is 0.356 e. The Morgan fingerprint density at radius 1 is 0.920 bits per heavy atom. The molecule has 1 heterocycles. The normalized spacial score (nSPS) is 9.88. The highest BCUT2D eigenvalue weighted by Crippen LogP contribution is 2.23. The van der Waals surface area contributed by atoms with Crippen LogP contribution in [0.15, 0.2) is 36.4 Å². The molecule has 1 N–H and O–H groups in total. The number of nitrogens with one attached hydrogen (secondary N) is 1. The molecule has 8 nitrogen and oxygen atoms in total. The Balaban J connectivity index is 2.32. The number of hydrogen-bond acceptors (Lipinski definition) is 7. The van der Waals surface area contributed by atoms with Crippen LogP contribution in [0.2, 0.25) is 0 Å². The second-order valence-electron chi connectivity index (χ2n) is 4.76. The molecular formula is C17H16N2O6. The fourth-order valence-electron chi connectivity index (χ4n) is 2.00. The van der Waals surface area contributed by atoms with Gasteiger partial charge in [0.1, 0.15) is 17.1 Å². The lowest BCUT2D eigenvalue weighted by molar-refractivity contribution is 0.0588. The molecule has 0 aliphatic carbocycles. The predicted molar refractivity (Wildman–Crippen MR) is 87.9 cm³/mol. The first kappa shape index (κ1) is 17.9. The predicted octanol–water partition coefficient (Wildman–Crippen LogP) is 1.92. The molecule has 0 bridgehead atoms. The zero-order chi connectivity index (χ0) is 18.4. The topological polar surface area (TPSA) is 104 Å². The van der Waals surface area contributed by atoms with Gasteiger partial charge in [-0.25, -0.2) is 14.6 Å². The van der Waals surface area contributed by atoms with E-state index in [1.54, 1.807) is 6.07 Å². The van der Waals surface area contributed by atoms with E-state index in [0.717, 1.165) is 0 Å². The minimum Gasteiger partial charge on any atom is -0.497 e. The maximum absolute atomic E-state index is 12.4. The minimum absolute atomic E-state index is 0.00178. The van der Waals surface area contributed by atoms with Gasteiger partial charge in [0.05, 0.1) is 32.6 Å². The molecule has 0 fully saturated rings. The average molecular weight is 344 g/mol. The molecule has 0 atom stereocenters. The van der Waals surface area contributed by atoms with Crippen LogP contribution in [0.25, 0.3) is 0 Å². The molecule has 0 aliphatic rings. The van der Waals surface area contributed by atoms with Crippen LogP contribution in [-0.4, -0.2) is 44.2 Å². The first-order chi connectivity index (χ1) is 12.0. The van der Waals surface area contributed by atoms with Gasteiger partial charge in [0, 0.05) is 0 Å². The average Bonchev–Trinajstić information content (AvgIpc) is 2.66. The van der Waals surface area contributed by atoms with Gasteiger partial charge in [-0.1, -0.05) is 6.07 Å². The highest BCUT2D eigenvalue weighted by Gasteiger charge is 2.18. The summed E-state index contributed by atoms with van der Waals surface area (Å²) in [6.45, 7) is 0. The summed E-state index contributed by atoms with van der Waals surface area (Å²) >= 11 is 0. The number of hydrogen-bond donors (Lipinski definition) is 1. The number of nitrogens with zero attached hydrogens (tertiary/aromatic N) is 1. The summed E-state index contributed by atoms with van der Waals surface area (Å²) < 4.78 is 14.3. The van der Waals surface area contributed by atoms with E-state index >= 15 is 0 Å². The summed E-state index contributed by atoms with van der Waals surface area (Å²) in [7, 11) is 3.91. The standard InChI is InChI=1S/C17H16N2O6/c1-23-10-7-8-12(11(9-10)16(21)24-2)19-15(20)13-5-4-6-14(18-13)17(22)25-3/h4-9H,1-3H3,(H,19,20). The number of methoxy groups -OCH3 is 3. The molecule has 25 heavy (non-hydrogen) atoms. The van der Waals surface area contributed by atoms with E-state index in [2.05, 4.69) is 15.0 Å². The van der Waals surface area contributed by atoms with Gasteiger partial charge in [-0.15, -0.1) is 0 Å². The van der Waals surface area contributed by atoms with Crippen molar-refractivity contribution < 1.29 is 28.6 Å². The second kappa shape index (κ2) is 7.91. The summed E-state index contributed by atoms with van der Waals surface area (Å²) in [6, 6.07) is 8.90. The van der Waals surface area contributed by atoms with E-state index in [1.807, 2.05) is 0 Å². The third kappa shape index (κ3) is 4.11. The van der Waals surface area contributed by atoms with E-state index in [9.17, 15) is 14.4 Å². The van der Waals surface area contributed by atoms with Crippen LogP contribution in [0.1, 0.15) is 31.3 Å². The summed E-state index contributed by atoms with van der Waals surface area (Å²) in [6.07, 6.45) is 0. The van der Waals surface area contributed by atoms with Crippen LogP contribution in [0.4, 0.5) is 5.69 Å². The molecule has 8 heteroatoms. The van der Waals surface area contributed by atoms with Crippen molar-refractivity contribution in [3.8, 4) is 5.75 Å². The maximum Gasteiger partial charge on any atom is 0.356 e. The zero-order valence-corrected chi connectivity index (χ0v) is 13.9. The second-order valence-corrected chi connectivity index (χ2v) is 4.76. The van der Waals surface area contributed by atoms with Gasteiger partial charge in [0.2, 0.25) is 0 Å².